The van der Waals surface area contributed by atoms with Crippen molar-refractivity contribution in [2.24, 2.45) is 23.7 Å². The van der Waals surface area contributed by atoms with Gasteiger partial charge in [-0.3, -0.25) is 4.79 Å². The Morgan fingerprint density at radius 2 is 2.00 bits per heavy atom. The molecule has 4 bridgehead atoms. The summed E-state index contributed by atoms with van der Waals surface area (Å²) in [5.41, 5.74) is 0.708. The van der Waals surface area contributed by atoms with Gasteiger partial charge in [-0.05, 0) is 30.6 Å². The zero-order valence-corrected chi connectivity index (χ0v) is 6.16. The molecule has 3 unspecified atom stereocenters. The van der Waals surface area contributed by atoms with E-state index in [0.717, 1.165) is 19.1 Å². The highest BCUT2D eigenvalue weighted by atomic mass is 16.2. The third-order valence-electron chi connectivity index (χ3n) is 3.61. The Morgan fingerprint density at radius 1 is 1.36 bits per heavy atom. The van der Waals surface area contributed by atoms with E-state index in [-0.39, 0.29) is 5.78 Å². The molecule has 0 aromatic rings. The van der Waals surface area contributed by atoms with Crippen molar-refractivity contribution in [3.05, 3.63) is 11.8 Å². The van der Waals surface area contributed by atoms with Crippen molar-refractivity contribution >= 4 is 5.78 Å². The summed E-state index contributed by atoms with van der Waals surface area (Å²) in [5, 5.41) is 8.81. The minimum absolute atomic E-state index is 0.241. The number of ketones is 1. The Labute approximate surface area is 64.9 Å². The van der Waals surface area contributed by atoms with Gasteiger partial charge in [0.25, 0.3) is 0 Å². The van der Waals surface area contributed by atoms with Crippen LogP contribution in [-0.4, -0.2) is 10.9 Å². The average Bonchev–Trinajstić information content (AvgIpc) is 2.54. The van der Waals surface area contributed by atoms with Crippen LogP contribution in [0.3, 0.4) is 0 Å². The molecule has 0 aromatic carbocycles. The van der Waals surface area contributed by atoms with Gasteiger partial charge in [0.05, 0.1) is 6.26 Å². The normalized spacial score (nSPS) is 55.3. The van der Waals surface area contributed by atoms with Gasteiger partial charge in [-0.2, -0.15) is 0 Å². The Kier molecular flexibility index (Phi) is 0.803. The number of hydrogen-bond acceptors (Lipinski definition) is 2. The molecule has 4 saturated carbocycles. The number of allylic oxidation sites excluding steroid dienone is 1. The lowest BCUT2D eigenvalue weighted by Crippen LogP contribution is -2.24. The Morgan fingerprint density at radius 3 is 2.45 bits per heavy atom. The zero-order chi connectivity index (χ0) is 7.59. The van der Waals surface area contributed by atoms with Crippen molar-refractivity contribution in [1.82, 2.24) is 0 Å². The van der Waals surface area contributed by atoms with Crippen molar-refractivity contribution in [3.8, 4) is 0 Å². The molecule has 1 N–H and O–H groups in total. The van der Waals surface area contributed by atoms with Crippen molar-refractivity contribution in [2.75, 3.05) is 0 Å². The number of Topliss-reactive ketones (excluding diaryl/α,β-unsaturated/α-hetero) is 1. The lowest BCUT2D eigenvalue weighted by Gasteiger charge is -2.22. The maximum Gasteiger partial charge on any atom is 0.165 e. The van der Waals surface area contributed by atoms with Crippen LogP contribution in [0.15, 0.2) is 11.8 Å². The molecule has 2 nitrogen and oxygen atoms in total. The summed E-state index contributed by atoms with van der Waals surface area (Å²) in [5.74, 6) is 2.38. The van der Waals surface area contributed by atoms with Crippen LogP contribution in [0.2, 0.25) is 0 Å². The van der Waals surface area contributed by atoms with E-state index in [2.05, 4.69) is 0 Å². The number of hydrogen-bond donors (Lipinski definition) is 1. The molecule has 0 radical (unpaired) electrons. The molecule has 0 amide bonds. The highest BCUT2D eigenvalue weighted by molar-refractivity contribution is 6.01. The van der Waals surface area contributed by atoms with Crippen molar-refractivity contribution < 1.29 is 9.90 Å². The predicted octanol–water partition coefficient (Wildman–Crippen LogP) is 1.28. The van der Waals surface area contributed by atoms with E-state index in [0.29, 0.717) is 29.2 Å². The van der Waals surface area contributed by atoms with Crippen molar-refractivity contribution in [2.45, 2.75) is 12.8 Å². The topological polar surface area (TPSA) is 37.3 Å². The number of aliphatic hydroxyl groups excluding tert-OH is 1. The summed E-state index contributed by atoms with van der Waals surface area (Å²) < 4.78 is 0. The van der Waals surface area contributed by atoms with Gasteiger partial charge in [-0.25, -0.2) is 0 Å². The smallest absolute Gasteiger partial charge is 0.165 e. The summed E-state index contributed by atoms with van der Waals surface area (Å²) >= 11 is 0. The van der Waals surface area contributed by atoms with E-state index < -0.39 is 0 Å². The van der Waals surface area contributed by atoms with Crippen LogP contribution in [0.4, 0.5) is 0 Å². The average molecular weight is 150 g/mol. The van der Waals surface area contributed by atoms with Crippen LogP contribution in [-0.2, 0) is 4.79 Å². The molecular weight excluding hydrogens is 140 g/mol. The number of aliphatic hydroxyl groups is 1. The third kappa shape index (κ3) is 0.492. The van der Waals surface area contributed by atoms with E-state index in [1.165, 1.54) is 0 Å². The first-order chi connectivity index (χ1) is 5.33. The standard InChI is InChI=1S/C9H10O2/c10-3-7-4-1-5-6(2-4)8(5)9(7)11/h3-6,8,10H,1-2H2/b7-3+/t4?,5-,6?,8?/m1/s1. The number of fused-ring (bicyclic) bond motifs is 1. The van der Waals surface area contributed by atoms with Crippen LogP contribution >= 0.6 is 0 Å². The first kappa shape index (κ1) is 5.81. The lowest BCUT2D eigenvalue weighted by molar-refractivity contribution is -0.119. The first-order valence-electron chi connectivity index (χ1n) is 4.21. The number of rotatable bonds is 0. The second-order valence-electron chi connectivity index (χ2n) is 3.97. The molecule has 2 heteroatoms. The van der Waals surface area contributed by atoms with Gasteiger partial charge in [0.1, 0.15) is 0 Å². The van der Waals surface area contributed by atoms with Gasteiger partial charge in [-0.1, -0.05) is 0 Å². The molecule has 0 heterocycles. The van der Waals surface area contributed by atoms with Gasteiger partial charge >= 0.3 is 0 Å². The molecule has 4 aliphatic rings. The summed E-state index contributed by atoms with van der Waals surface area (Å²) in [6, 6.07) is 0. The second kappa shape index (κ2) is 1.52. The SMILES string of the molecule is O=C1/C(=C/O)C2CC3C1[C@@H]3C2. The van der Waals surface area contributed by atoms with Crippen LogP contribution in [0.25, 0.3) is 0 Å². The van der Waals surface area contributed by atoms with Gasteiger partial charge in [0.2, 0.25) is 0 Å². The Bertz CT molecular complexity index is 255. The Balaban J connectivity index is 2.05. The summed E-state index contributed by atoms with van der Waals surface area (Å²) in [6.45, 7) is 0. The quantitative estimate of drug-likeness (QED) is 0.417. The molecule has 4 aliphatic carbocycles. The predicted molar refractivity (Wildman–Crippen MR) is 38.9 cm³/mol. The summed E-state index contributed by atoms with van der Waals surface area (Å²) in [6.07, 6.45) is 3.36. The molecule has 4 atom stereocenters. The van der Waals surface area contributed by atoms with Gasteiger partial charge in [0, 0.05) is 11.5 Å². The van der Waals surface area contributed by atoms with Gasteiger partial charge in [0.15, 0.2) is 5.78 Å². The molecule has 0 spiro atoms. The molecule has 0 aromatic heterocycles. The Hall–Kier alpha value is -0.790. The highest BCUT2D eigenvalue weighted by Gasteiger charge is 2.65. The fraction of sp³-hybridized carbons (Fsp3) is 0.667. The summed E-state index contributed by atoms with van der Waals surface area (Å²) in [4.78, 5) is 11.4. The monoisotopic (exact) mass is 150 g/mol. The van der Waals surface area contributed by atoms with Gasteiger partial charge < -0.3 is 5.11 Å². The minimum atomic E-state index is 0.241. The number of carbonyl (C=O) groups excluding carboxylic acids is 1. The molecule has 0 aliphatic heterocycles. The molecule has 0 saturated heterocycles. The van der Waals surface area contributed by atoms with E-state index in [9.17, 15) is 4.79 Å². The van der Waals surface area contributed by atoms with Crippen LogP contribution in [0, 0.1) is 23.7 Å². The molecule has 11 heavy (non-hydrogen) atoms. The summed E-state index contributed by atoms with van der Waals surface area (Å²) in [7, 11) is 0. The molecule has 58 valence electrons. The highest BCUT2D eigenvalue weighted by Crippen LogP contribution is 2.66. The third-order valence-corrected chi connectivity index (χ3v) is 3.61. The van der Waals surface area contributed by atoms with Crippen molar-refractivity contribution in [3.63, 3.8) is 0 Å². The fourth-order valence-electron chi connectivity index (χ4n) is 3.05. The largest absolute Gasteiger partial charge is 0.515 e. The maximum absolute atomic E-state index is 11.4. The molecule has 4 fully saturated rings. The van der Waals surface area contributed by atoms with E-state index in [1.54, 1.807) is 0 Å². The lowest BCUT2D eigenvalue weighted by atomic mass is 9.81. The van der Waals surface area contributed by atoms with E-state index in [4.69, 9.17) is 5.11 Å². The van der Waals surface area contributed by atoms with E-state index in [1.807, 2.05) is 0 Å². The maximum atomic E-state index is 11.4. The van der Waals surface area contributed by atoms with E-state index >= 15 is 0 Å². The molecular formula is C9H10O2. The zero-order valence-electron chi connectivity index (χ0n) is 6.16. The molecule has 4 rings (SSSR count). The first-order valence-corrected chi connectivity index (χ1v) is 4.21. The van der Waals surface area contributed by atoms with Gasteiger partial charge in [-0.15, -0.1) is 0 Å². The van der Waals surface area contributed by atoms with Crippen LogP contribution < -0.4 is 0 Å². The fourth-order valence-corrected chi connectivity index (χ4v) is 3.05. The van der Waals surface area contributed by atoms with Crippen LogP contribution in [0.5, 0.6) is 0 Å². The minimum Gasteiger partial charge on any atom is -0.515 e. The van der Waals surface area contributed by atoms with Crippen LogP contribution in [0.1, 0.15) is 12.8 Å². The van der Waals surface area contributed by atoms with Crippen molar-refractivity contribution in [1.29, 1.82) is 0 Å². The number of carbonyl (C=O) groups is 1. The second-order valence-corrected chi connectivity index (χ2v) is 3.97.